The summed E-state index contributed by atoms with van der Waals surface area (Å²) in [5.74, 6) is 2.67. The van der Waals surface area contributed by atoms with Crippen LogP contribution in [-0.2, 0) is 20.4 Å². The molecule has 0 bridgehead atoms. The number of aromatic nitrogens is 3. The molecular formula is C26H31N5O3S. The largest absolute Gasteiger partial charge is 0.355 e. The van der Waals surface area contributed by atoms with Gasteiger partial charge in [0.25, 0.3) is 0 Å². The molecule has 2 aromatic heterocycles. The highest BCUT2D eigenvalue weighted by atomic mass is 32.2. The summed E-state index contributed by atoms with van der Waals surface area (Å²) in [5, 5.41) is 4.88. The monoisotopic (exact) mass is 493 g/mol. The molecule has 2 fully saturated rings. The van der Waals surface area contributed by atoms with Crippen LogP contribution < -0.4 is 4.72 Å². The van der Waals surface area contributed by atoms with Crippen molar-refractivity contribution in [3.63, 3.8) is 0 Å². The van der Waals surface area contributed by atoms with Crippen molar-refractivity contribution in [3.05, 3.63) is 70.8 Å². The number of carbonyl (C=O) groups excluding carboxylic acids is 1. The number of aryl methyl sites for hydroxylation is 1. The van der Waals surface area contributed by atoms with Crippen LogP contribution in [0.4, 0.5) is 0 Å². The fourth-order valence-corrected chi connectivity index (χ4v) is 6.22. The second kappa shape index (κ2) is 8.90. The van der Waals surface area contributed by atoms with E-state index in [1.54, 1.807) is 6.92 Å². The maximum absolute atomic E-state index is 12.6. The van der Waals surface area contributed by atoms with Crippen LogP contribution in [-0.4, -0.2) is 46.7 Å². The molecule has 2 atom stereocenters. The first-order chi connectivity index (χ1) is 16.7. The Morgan fingerprint density at radius 1 is 1.11 bits per heavy atom. The van der Waals surface area contributed by atoms with Crippen molar-refractivity contribution in [2.45, 2.75) is 63.5 Å². The average Bonchev–Trinajstić information content (AvgIpc) is 3.58. The molecule has 0 unspecified atom stereocenters. The zero-order chi connectivity index (χ0) is 24.8. The number of fused-ring (bicyclic) bond motifs is 1. The minimum atomic E-state index is -3.65. The Morgan fingerprint density at radius 2 is 1.86 bits per heavy atom. The zero-order valence-corrected chi connectivity index (χ0v) is 21.2. The molecule has 2 aliphatic rings. The average molecular weight is 494 g/mol. The summed E-state index contributed by atoms with van der Waals surface area (Å²) in [4.78, 5) is 19.4. The lowest BCUT2D eigenvalue weighted by atomic mass is 9.86. The van der Waals surface area contributed by atoms with Crippen molar-refractivity contribution in [1.82, 2.24) is 24.2 Å². The number of nitrogens with zero attached hydrogens (tertiary/aromatic N) is 4. The van der Waals surface area contributed by atoms with Crippen LogP contribution in [0.1, 0.15) is 73.6 Å². The van der Waals surface area contributed by atoms with Gasteiger partial charge in [0.1, 0.15) is 17.2 Å². The van der Waals surface area contributed by atoms with Crippen LogP contribution in [0, 0.1) is 6.92 Å². The van der Waals surface area contributed by atoms with Gasteiger partial charge in [-0.1, -0.05) is 30.3 Å². The lowest BCUT2D eigenvalue weighted by Gasteiger charge is -2.43. The summed E-state index contributed by atoms with van der Waals surface area (Å²) >= 11 is 0. The first-order valence-corrected chi connectivity index (χ1v) is 14.0. The van der Waals surface area contributed by atoms with Crippen LogP contribution >= 0.6 is 0 Å². The smallest absolute Gasteiger partial charge is 0.209 e. The standard InChI is InChI=1S/C26H31N5O3S/c1-18-15-21(19-12-13-19)27-25-16-22(28-31(18)25)23-11-7-8-14-30(23)24(17-32)26(2,29-35(3,33)34)20-9-5-4-6-10-20/h4-6,9-10,15-16,19,23,29H,7-8,11-14H2,1-3H3/t23-,26+/m0/s1. The zero-order valence-electron chi connectivity index (χ0n) is 20.4. The van der Waals surface area contributed by atoms with Crippen molar-refractivity contribution in [2.24, 2.45) is 0 Å². The summed E-state index contributed by atoms with van der Waals surface area (Å²) in [5.41, 5.74) is 3.45. The van der Waals surface area contributed by atoms with Crippen LogP contribution in [0.5, 0.6) is 0 Å². The Kier molecular flexibility index (Phi) is 6.03. The van der Waals surface area contributed by atoms with E-state index in [4.69, 9.17) is 10.1 Å². The molecule has 5 rings (SSSR count). The molecule has 3 heterocycles. The maximum Gasteiger partial charge on any atom is 0.209 e. The molecular weight excluding hydrogens is 462 g/mol. The molecule has 9 heteroatoms. The molecule has 8 nitrogen and oxygen atoms in total. The Bertz CT molecular complexity index is 1410. The van der Waals surface area contributed by atoms with Gasteiger partial charge in [-0.05, 0) is 57.6 Å². The predicted molar refractivity (Wildman–Crippen MR) is 134 cm³/mol. The number of hydrogen-bond acceptors (Lipinski definition) is 6. The van der Waals surface area contributed by atoms with Crippen LogP contribution in [0.15, 0.2) is 48.2 Å². The van der Waals surface area contributed by atoms with E-state index < -0.39 is 15.6 Å². The summed E-state index contributed by atoms with van der Waals surface area (Å²) in [6.07, 6.45) is 6.15. The minimum Gasteiger partial charge on any atom is -0.355 e. The highest BCUT2D eigenvalue weighted by Crippen LogP contribution is 2.41. The number of piperidine rings is 1. The van der Waals surface area contributed by atoms with E-state index in [9.17, 15) is 13.2 Å². The molecule has 1 aromatic carbocycles. The molecule has 0 amide bonds. The summed E-state index contributed by atoms with van der Waals surface area (Å²) in [6.45, 7) is 4.37. The van der Waals surface area contributed by atoms with Crippen molar-refractivity contribution in [3.8, 4) is 0 Å². The van der Waals surface area contributed by atoms with Crippen molar-refractivity contribution < 1.29 is 13.2 Å². The van der Waals surface area contributed by atoms with Crippen LogP contribution in [0.3, 0.4) is 0 Å². The number of sulfonamides is 1. The van der Waals surface area contributed by atoms with Crippen LogP contribution in [0.25, 0.3) is 5.65 Å². The third-order valence-electron chi connectivity index (χ3n) is 7.08. The molecule has 1 N–H and O–H groups in total. The fourth-order valence-electron chi connectivity index (χ4n) is 5.26. The molecule has 1 aliphatic heterocycles. The second-order valence-electron chi connectivity index (χ2n) is 9.96. The first kappa shape index (κ1) is 23.7. The molecule has 1 aliphatic carbocycles. The van der Waals surface area contributed by atoms with E-state index in [1.807, 2.05) is 52.7 Å². The van der Waals surface area contributed by atoms with E-state index in [-0.39, 0.29) is 11.7 Å². The Labute approximate surface area is 206 Å². The topological polar surface area (TPSA) is 96.7 Å². The maximum atomic E-state index is 12.6. The summed E-state index contributed by atoms with van der Waals surface area (Å²) in [6, 6.07) is 13.1. The van der Waals surface area contributed by atoms with Gasteiger partial charge in [0, 0.05) is 29.9 Å². The number of hydrogen-bond donors (Lipinski definition) is 1. The van der Waals surface area contributed by atoms with Gasteiger partial charge >= 0.3 is 0 Å². The van der Waals surface area contributed by atoms with E-state index >= 15 is 0 Å². The van der Waals surface area contributed by atoms with E-state index in [2.05, 4.69) is 16.7 Å². The van der Waals surface area contributed by atoms with E-state index in [0.717, 1.165) is 48.2 Å². The number of benzene rings is 1. The molecule has 1 saturated heterocycles. The number of rotatable bonds is 7. The SMILES string of the molecule is Cc1cc(C2CC2)nc2cc([C@@H]3CCCCN3C(=C=O)[C@](C)(NS(C)(=O)=O)c3ccccc3)nn12. The van der Waals surface area contributed by atoms with Crippen molar-refractivity contribution in [1.29, 1.82) is 0 Å². The van der Waals surface area contributed by atoms with Crippen molar-refractivity contribution >= 4 is 21.6 Å². The quantitative estimate of drug-likeness (QED) is 0.505. The molecule has 1 saturated carbocycles. The van der Waals surface area contributed by atoms with Gasteiger partial charge < -0.3 is 4.90 Å². The molecule has 3 aromatic rings. The highest BCUT2D eigenvalue weighted by molar-refractivity contribution is 7.88. The Balaban J connectivity index is 1.58. The Morgan fingerprint density at radius 3 is 2.51 bits per heavy atom. The molecule has 184 valence electrons. The fraction of sp³-hybridized carbons (Fsp3) is 0.462. The van der Waals surface area contributed by atoms with Crippen LogP contribution in [0.2, 0.25) is 0 Å². The van der Waals surface area contributed by atoms with Crippen molar-refractivity contribution in [2.75, 3.05) is 12.8 Å². The van der Waals surface area contributed by atoms with Gasteiger partial charge in [0.2, 0.25) is 10.0 Å². The molecule has 0 radical (unpaired) electrons. The lowest BCUT2D eigenvalue weighted by Crippen LogP contribution is -2.51. The highest BCUT2D eigenvalue weighted by Gasteiger charge is 2.42. The first-order valence-electron chi connectivity index (χ1n) is 12.1. The third kappa shape index (κ3) is 4.63. The molecule has 35 heavy (non-hydrogen) atoms. The summed E-state index contributed by atoms with van der Waals surface area (Å²) < 4.78 is 29.4. The number of nitrogens with one attached hydrogen (secondary N) is 1. The van der Waals surface area contributed by atoms with Gasteiger partial charge in [0.15, 0.2) is 5.65 Å². The van der Waals surface area contributed by atoms with Gasteiger partial charge in [-0.3, -0.25) is 0 Å². The lowest BCUT2D eigenvalue weighted by molar-refractivity contribution is 0.164. The van der Waals surface area contributed by atoms with E-state index in [0.29, 0.717) is 18.0 Å². The van der Waals surface area contributed by atoms with E-state index in [1.165, 1.54) is 12.8 Å². The Hall–Kier alpha value is -3.00. The normalized spacial score (nSPS) is 20.4. The van der Waals surface area contributed by atoms with Gasteiger partial charge in [-0.15, -0.1) is 0 Å². The van der Waals surface area contributed by atoms with Gasteiger partial charge in [0.05, 0.1) is 18.0 Å². The van der Waals surface area contributed by atoms with Gasteiger partial charge in [-0.2, -0.15) is 9.82 Å². The third-order valence-corrected chi connectivity index (χ3v) is 7.86. The predicted octanol–water partition coefficient (Wildman–Crippen LogP) is 3.62. The minimum absolute atomic E-state index is 0.185. The number of likely N-dealkylation sites (tertiary alicyclic amines) is 1. The second-order valence-corrected chi connectivity index (χ2v) is 11.7. The summed E-state index contributed by atoms with van der Waals surface area (Å²) in [7, 11) is -3.65. The molecule has 0 spiro atoms. The van der Waals surface area contributed by atoms with Gasteiger partial charge in [-0.25, -0.2) is 22.7 Å².